The van der Waals surface area contributed by atoms with Crippen LogP contribution in [0, 0.1) is 16.7 Å². The molecule has 6 aliphatic rings. The Morgan fingerprint density at radius 3 is 2.43 bits per heavy atom. The van der Waals surface area contributed by atoms with E-state index in [2.05, 4.69) is 11.8 Å². The highest BCUT2D eigenvalue weighted by Crippen LogP contribution is 2.53. The number of nitrogens with zero attached hydrogens (tertiary/aromatic N) is 3. The predicted molar refractivity (Wildman–Crippen MR) is 153 cm³/mol. The van der Waals surface area contributed by atoms with E-state index in [1.54, 1.807) is 0 Å². The maximum Gasteiger partial charge on any atom is 0.395 e. The number of aliphatic hydroxyl groups excluding tert-OH is 1. The summed E-state index contributed by atoms with van der Waals surface area (Å²) in [5, 5.41) is 9.96. The number of hydrogen-bond acceptors (Lipinski definition) is 6. The van der Waals surface area contributed by atoms with Gasteiger partial charge >= 0.3 is 6.18 Å². The number of dihydropyridines is 1. The molecule has 42 heavy (non-hydrogen) atoms. The molecule has 0 amide bonds. The summed E-state index contributed by atoms with van der Waals surface area (Å²) < 4.78 is 68.4. The molecule has 3 saturated heterocycles. The quantitative estimate of drug-likeness (QED) is 0.293. The predicted octanol–water partition coefficient (Wildman–Crippen LogP) is 5.59. The van der Waals surface area contributed by atoms with Gasteiger partial charge in [0.1, 0.15) is 23.8 Å². The van der Waals surface area contributed by atoms with E-state index in [1.165, 1.54) is 0 Å². The van der Waals surface area contributed by atoms with Crippen LogP contribution in [0.5, 0.6) is 0 Å². The number of epoxide rings is 1. The van der Waals surface area contributed by atoms with E-state index in [0.29, 0.717) is 57.1 Å². The number of alkyl halides is 3. The van der Waals surface area contributed by atoms with Gasteiger partial charge in [0.2, 0.25) is 0 Å². The first-order chi connectivity index (χ1) is 19.8. The van der Waals surface area contributed by atoms with Crippen LogP contribution in [-0.4, -0.2) is 96.2 Å². The van der Waals surface area contributed by atoms with Gasteiger partial charge in [-0.25, -0.2) is 4.39 Å². The topological polar surface area (TPSA) is 60.8 Å². The molecule has 1 saturated carbocycles. The Morgan fingerprint density at radius 2 is 1.88 bits per heavy atom. The molecule has 4 heterocycles. The third-order valence-electron chi connectivity index (χ3n) is 10.7. The molecule has 6 rings (SSSR count). The second-order valence-electron chi connectivity index (χ2n) is 14.2. The van der Waals surface area contributed by atoms with E-state index in [9.17, 15) is 18.3 Å². The number of β-amino-alcohol motifs (C(OH)–C–C–N with tert-alkyl or cyclic N) is 1. The largest absolute Gasteiger partial charge is 0.395 e. The van der Waals surface area contributed by atoms with Crippen molar-refractivity contribution in [2.75, 3.05) is 39.3 Å². The zero-order chi connectivity index (χ0) is 29.9. The highest BCUT2D eigenvalue weighted by atomic mass is 19.4. The van der Waals surface area contributed by atoms with E-state index in [1.807, 2.05) is 43.1 Å². The van der Waals surface area contributed by atoms with Crippen molar-refractivity contribution in [3.63, 3.8) is 0 Å². The van der Waals surface area contributed by atoms with Crippen LogP contribution in [-0.2, 0) is 9.47 Å². The Balaban J connectivity index is 0.970. The van der Waals surface area contributed by atoms with Crippen molar-refractivity contribution in [3.8, 4) is 0 Å². The zero-order valence-corrected chi connectivity index (χ0v) is 25.0. The maximum absolute atomic E-state index is 15.4. The van der Waals surface area contributed by atoms with Gasteiger partial charge in [-0.3, -0.25) is 9.89 Å². The van der Waals surface area contributed by atoms with Crippen molar-refractivity contribution in [1.29, 1.82) is 0 Å². The third kappa shape index (κ3) is 5.91. The lowest BCUT2D eigenvalue weighted by Crippen LogP contribution is -2.53. The second kappa shape index (κ2) is 11.1. The van der Waals surface area contributed by atoms with Crippen molar-refractivity contribution < 1.29 is 32.1 Å². The highest BCUT2D eigenvalue weighted by molar-refractivity contribution is 6.02. The summed E-state index contributed by atoms with van der Waals surface area (Å²) in [4.78, 5) is 8.94. The highest BCUT2D eigenvalue weighted by Gasteiger charge is 2.58. The van der Waals surface area contributed by atoms with Crippen molar-refractivity contribution in [2.24, 2.45) is 21.7 Å². The summed E-state index contributed by atoms with van der Waals surface area (Å²) in [6.07, 6.45) is 6.67. The third-order valence-corrected chi connectivity index (χ3v) is 10.7. The van der Waals surface area contributed by atoms with Crippen LogP contribution in [0.2, 0.25) is 0 Å². The molecular formula is C32H45F4N3O3. The molecule has 0 aromatic rings. The molecule has 4 aliphatic heterocycles. The molecule has 0 aromatic carbocycles. The molecule has 0 spiro atoms. The number of aliphatic hydroxyl groups is 1. The first kappa shape index (κ1) is 30.4. The summed E-state index contributed by atoms with van der Waals surface area (Å²) in [5.74, 6) is 0.141. The molecule has 10 heteroatoms. The second-order valence-corrected chi connectivity index (χ2v) is 14.2. The van der Waals surface area contributed by atoms with Gasteiger partial charge in [-0.2, -0.15) is 13.2 Å². The Labute approximate surface area is 246 Å². The summed E-state index contributed by atoms with van der Waals surface area (Å²) in [6.45, 7) is 9.10. The van der Waals surface area contributed by atoms with Crippen molar-refractivity contribution >= 4 is 5.71 Å². The number of likely N-dealkylation sites (tertiary alicyclic amines) is 2. The van der Waals surface area contributed by atoms with E-state index in [0.717, 1.165) is 18.6 Å². The van der Waals surface area contributed by atoms with Gasteiger partial charge < -0.3 is 19.5 Å². The molecule has 4 fully saturated rings. The fraction of sp³-hybridized carbons (Fsp3) is 0.781. The monoisotopic (exact) mass is 595 g/mol. The zero-order valence-electron chi connectivity index (χ0n) is 25.0. The van der Waals surface area contributed by atoms with Crippen LogP contribution in [0.3, 0.4) is 0 Å². The fourth-order valence-corrected chi connectivity index (χ4v) is 7.49. The molecular weight excluding hydrogens is 550 g/mol. The molecule has 234 valence electrons. The number of piperidine rings is 1. The summed E-state index contributed by atoms with van der Waals surface area (Å²) in [6, 6.07) is 0.213. The van der Waals surface area contributed by atoms with Crippen LogP contribution >= 0.6 is 0 Å². The molecule has 4 unspecified atom stereocenters. The Bertz CT molecular complexity index is 1160. The molecule has 2 aliphatic carbocycles. The molecule has 6 nitrogen and oxygen atoms in total. The van der Waals surface area contributed by atoms with Crippen LogP contribution in [0.25, 0.3) is 0 Å². The van der Waals surface area contributed by atoms with Gasteiger partial charge in [0.15, 0.2) is 0 Å². The first-order valence-electron chi connectivity index (χ1n) is 15.6. The van der Waals surface area contributed by atoms with Gasteiger partial charge in [-0.1, -0.05) is 25.5 Å². The lowest BCUT2D eigenvalue weighted by Gasteiger charge is -2.47. The van der Waals surface area contributed by atoms with Gasteiger partial charge in [0, 0.05) is 42.3 Å². The molecule has 0 radical (unpaired) electrons. The average molecular weight is 596 g/mol. The van der Waals surface area contributed by atoms with E-state index in [4.69, 9.17) is 14.5 Å². The molecule has 0 bridgehead atoms. The van der Waals surface area contributed by atoms with Crippen molar-refractivity contribution in [1.82, 2.24) is 9.80 Å². The smallest absolute Gasteiger partial charge is 0.392 e. The summed E-state index contributed by atoms with van der Waals surface area (Å²) >= 11 is 0. The van der Waals surface area contributed by atoms with Crippen LogP contribution in [0.1, 0.15) is 65.7 Å². The van der Waals surface area contributed by atoms with Gasteiger partial charge in [-0.15, -0.1) is 0 Å². The number of halogens is 4. The number of ether oxygens (including phenoxy) is 2. The van der Waals surface area contributed by atoms with Gasteiger partial charge in [-0.05, 0) is 77.1 Å². The molecule has 1 N–H and O–H groups in total. The average Bonchev–Trinajstić information content (AvgIpc) is 3.60. The standard InChI is InChI=1S/C32H45F4N3O3/c1-21-15-23(40)17-39(21)28-27(42-28)24-5-11-29(2,16-25(24)33)26-6-12-30(3,19-37-26)41-18-22-7-13-38(14-8-22)20-31(9-4-10-31)32(34,35)36/h5-6,11-12,21-23,27-28,40H,4,7-10,13-20H2,1-3H3/t21-,23+,27?,28?,29?,30?/m0/s1. The van der Waals surface area contributed by atoms with Crippen molar-refractivity contribution in [3.05, 3.63) is 35.7 Å². The number of rotatable bonds is 8. The van der Waals surface area contributed by atoms with Gasteiger partial charge in [0.25, 0.3) is 0 Å². The Hall–Kier alpha value is -1.59. The summed E-state index contributed by atoms with van der Waals surface area (Å²) in [5.41, 5.74) is -1.21. The number of hydrogen-bond donors (Lipinski definition) is 1. The molecule has 6 atom stereocenters. The fourth-order valence-electron chi connectivity index (χ4n) is 7.49. The van der Waals surface area contributed by atoms with Gasteiger partial charge in [0.05, 0.1) is 24.7 Å². The van der Waals surface area contributed by atoms with Crippen LogP contribution in [0.4, 0.5) is 17.6 Å². The minimum Gasteiger partial charge on any atom is -0.392 e. The van der Waals surface area contributed by atoms with Crippen LogP contribution < -0.4 is 0 Å². The molecule has 0 aromatic heterocycles. The SMILES string of the molecule is C[C@H]1C[C@@H](O)CN1C1OC1C1=C(F)CC(C)(C2=NCC(C)(OCC3CCN(CC4(C(F)(F)F)CCC4)CC3)C=C2)C=C1. The van der Waals surface area contributed by atoms with E-state index in [-0.39, 0.29) is 56.1 Å². The Morgan fingerprint density at radius 1 is 1.14 bits per heavy atom. The van der Waals surface area contributed by atoms with E-state index < -0.39 is 22.6 Å². The van der Waals surface area contributed by atoms with E-state index >= 15 is 4.39 Å². The minimum atomic E-state index is -4.12. The Kier molecular flexibility index (Phi) is 8.04. The number of aliphatic imine (C=N–C) groups is 1. The van der Waals surface area contributed by atoms with Crippen molar-refractivity contribution in [2.45, 2.75) is 102 Å². The minimum absolute atomic E-state index is 0.128. The maximum atomic E-state index is 15.4. The first-order valence-corrected chi connectivity index (χ1v) is 15.6. The lowest BCUT2D eigenvalue weighted by atomic mass is 9.67. The summed E-state index contributed by atoms with van der Waals surface area (Å²) in [7, 11) is 0. The normalized spacial score (nSPS) is 39.5. The number of allylic oxidation sites excluding steroid dienone is 3. The lowest BCUT2D eigenvalue weighted by molar-refractivity contribution is -0.256. The van der Waals surface area contributed by atoms with Crippen LogP contribution in [0.15, 0.2) is 40.7 Å².